The zero-order chi connectivity index (χ0) is 11.0. The Labute approximate surface area is 96.6 Å². The van der Waals surface area contributed by atoms with Gasteiger partial charge in [-0.1, -0.05) is 19.8 Å². The largest absolute Gasteiger partial charge is 0.448 e. The second kappa shape index (κ2) is 4.21. The van der Waals surface area contributed by atoms with E-state index in [1.54, 1.807) is 6.39 Å². The first-order chi connectivity index (χ1) is 7.92. The molecule has 0 aliphatic heterocycles. The first-order valence-electron chi connectivity index (χ1n) is 6.54. The van der Waals surface area contributed by atoms with Gasteiger partial charge < -0.3 is 9.73 Å². The molecule has 3 nitrogen and oxygen atoms in total. The molecule has 16 heavy (non-hydrogen) atoms. The molecule has 0 spiro atoms. The minimum Gasteiger partial charge on any atom is -0.448 e. The minimum absolute atomic E-state index is 0.693. The van der Waals surface area contributed by atoms with Crippen LogP contribution in [0.25, 0.3) is 0 Å². The van der Waals surface area contributed by atoms with Gasteiger partial charge in [-0.05, 0) is 31.2 Å². The molecule has 0 radical (unpaired) electrons. The molecule has 2 atom stereocenters. The molecule has 2 saturated carbocycles. The summed E-state index contributed by atoms with van der Waals surface area (Å²) in [4.78, 5) is 4.34. The van der Waals surface area contributed by atoms with Gasteiger partial charge in [0.05, 0.1) is 5.69 Å². The summed E-state index contributed by atoms with van der Waals surface area (Å²) in [6, 6.07) is 0. The predicted octanol–water partition coefficient (Wildman–Crippen LogP) is 2.69. The van der Waals surface area contributed by atoms with Gasteiger partial charge in [0, 0.05) is 12.5 Å². The van der Waals surface area contributed by atoms with E-state index in [1.807, 2.05) is 0 Å². The lowest BCUT2D eigenvalue weighted by Gasteiger charge is -2.04. The van der Waals surface area contributed by atoms with Crippen molar-refractivity contribution in [2.75, 3.05) is 6.54 Å². The van der Waals surface area contributed by atoms with Crippen LogP contribution < -0.4 is 5.32 Å². The molecule has 0 saturated heterocycles. The number of fused-ring (bicyclic) bond motifs is 1. The van der Waals surface area contributed by atoms with Crippen LogP contribution in [0.2, 0.25) is 0 Å². The predicted molar refractivity (Wildman–Crippen MR) is 62.1 cm³/mol. The van der Waals surface area contributed by atoms with Crippen LogP contribution in [-0.2, 0) is 6.54 Å². The molecule has 1 aromatic heterocycles. The zero-order valence-electron chi connectivity index (χ0n) is 9.91. The maximum absolute atomic E-state index is 5.63. The highest BCUT2D eigenvalue weighted by Crippen LogP contribution is 2.61. The van der Waals surface area contributed by atoms with Crippen LogP contribution in [0.1, 0.15) is 50.0 Å². The van der Waals surface area contributed by atoms with Crippen LogP contribution in [0.3, 0.4) is 0 Å². The summed E-state index contributed by atoms with van der Waals surface area (Å²) in [6.07, 6.45) is 7.24. The Morgan fingerprint density at radius 1 is 1.38 bits per heavy atom. The summed E-state index contributed by atoms with van der Waals surface area (Å²) < 4.78 is 5.63. The molecule has 2 aliphatic rings. The topological polar surface area (TPSA) is 38.1 Å². The maximum Gasteiger partial charge on any atom is 0.181 e. The Kier molecular flexibility index (Phi) is 2.72. The summed E-state index contributed by atoms with van der Waals surface area (Å²) in [5, 5.41) is 3.33. The highest BCUT2D eigenvalue weighted by atomic mass is 16.3. The van der Waals surface area contributed by atoms with E-state index in [9.17, 15) is 0 Å². The second-order valence-electron chi connectivity index (χ2n) is 5.08. The molecule has 0 amide bonds. The molecule has 1 N–H and O–H groups in total. The molecule has 88 valence electrons. The van der Waals surface area contributed by atoms with E-state index < -0.39 is 0 Å². The van der Waals surface area contributed by atoms with Crippen molar-refractivity contribution in [2.24, 2.45) is 11.8 Å². The number of hydrogen-bond donors (Lipinski definition) is 1. The van der Waals surface area contributed by atoms with Crippen molar-refractivity contribution in [3.63, 3.8) is 0 Å². The summed E-state index contributed by atoms with van der Waals surface area (Å²) in [5.74, 6) is 3.68. The lowest BCUT2D eigenvalue weighted by molar-refractivity contribution is 0.480. The number of aromatic nitrogens is 1. The number of oxazole rings is 1. The number of nitrogens with zero attached hydrogens (tertiary/aromatic N) is 1. The van der Waals surface area contributed by atoms with Crippen LogP contribution in [0, 0.1) is 11.8 Å². The summed E-state index contributed by atoms with van der Waals surface area (Å²) >= 11 is 0. The fourth-order valence-corrected chi connectivity index (χ4v) is 3.31. The Hall–Kier alpha value is -0.830. The smallest absolute Gasteiger partial charge is 0.181 e. The summed E-state index contributed by atoms with van der Waals surface area (Å²) in [5.41, 5.74) is 1.14. The number of rotatable bonds is 4. The fourth-order valence-electron chi connectivity index (χ4n) is 3.31. The van der Waals surface area contributed by atoms with Gasteiger partial charge in [0.25, 0.3) is 0 Å². The SMILES string of the molecule is CCNCc1ncoc1C1C2CCCCC21. The minimum atomic E-state index is 0.693. The van der Waals surface area contributed by atoms with Gasteiger partial charge in [-0.25, -0.2) is 4.98 Å². The quantitative estimate of drug-likeness (QED) is 0.847. The van der Waals surface area contributed by atoms with Gasteiger partial charge in [-0.15, -0.1) is 0 Å². The van der Waals surface area contributed by atoms with Crippen molar-refractivity contribution in [1.82, 2.24) is 10.3 Å². The van der Waals surface area contributed by atoms with Gasteiger partial charge in [-0.2, -0.15) is 0 Å². The Morgan fingerprint density at radius 3 is 2.81 bits per heavy atom. The third-order valence-corrected chi connectivity index (χ3v) is 4.17. The Balaban J connectivity index is 1.72. The summed E-state index contributed by atoms with van der Waals surface area (Å²) in [7, 11) is 0. The average Bonchev–Trinajstić information content (AvgIpc) is 2.87. The average molecular weight is 220 g/mol. The van der Waals surface area contributed by atoms with Crippen LogP contribution >= 0.6 is 0 Å². The van der Waals surface area contributed by atoms with Crippen LogP contribution in [0.15, 0.2) is 10.8 Å². The van der Waals surface area contributed by atoms with E-state index >= 15 is 0 Å². The van der Waals surface area contributed by atoms with Gasteiger partial charge >= 0.3 is 0 Å². The van der Waals surface area contributed by atoms with Crippen LogP contribution in [0.5, 0.6) is 0 Å². The molecule has 2 aliphatic carbocycles. The summed E-state index contributed by atoms with van der Waals surface area (Å²) in [6.45, 7) is 3.97. The lowest BCUT2D eigenvalue weighted by atomic mass is 10.0. The van der Waals surface area contributed by atoms with E-state index in [4.69, 9.17) is 4.42 Å². The van der Waals surface area contributed by atoms with E-state index in [0.717, 1.165) is 30.6 Å². The van der Waals surface area contributed by atoms with Crippen molar-refractivity contribution >= 4 is 0 Å². The fraction of sp³-hybridized carbons (Fsp3) is 0.769. The van der Waals surface area contributed by atoms with Crippen molar-refractivity contribution < 1.29 is 4.42 Å². The first kappa shape index (κ1) is 10.3. The number of nitrogens with one attached hydrogen (secondary N) is 1. The standard InChI is InChI=1S/C13H20N2O/c1-2-14-7-11-13(16-8-15-11)12-9-5-3-4-6-10(9)12/h8-10,12,14H,2-7H2,1H3. The molecule has 3 rings (SSSR count). The maximum atomic E-state index is 5.63. The molecule has 0 bridgehead atoms. The normalized spacial score (nSPS) is 32.4. The lowest BCUT2D eigenvalue weighted by Crippen LogP contribution is -2.13. The van der Waals surface area contributed by atoms with E-state index in [1.165, 1.54) is 31.4 Å². The van der Waals surface area contributed by atoms with E-state index in [-0.39, 0.29) is 0 Å². The first-order valence-corrected chi connectivity index (χ1v) is 6.54. The monoisotopic (exact) mass is 220 g/mol. The Bertz CT molecular complexity index is 349. The van der Waals surface area contributed by atoms with E-state index in [0.29, 0.717) is 5.92 Å². The van der Waals surface area contributed by atoms with Gasteiger partial charge in [-0.3, -0.25) is 0 Å². The van der Waals surface area contributed by atoms with Gasteiger partial charge in [0.1, 0.15) is 5.76 Å². The zero-order valence-corrected chi connectivity index (χ0v) is 9.91. The molecule has 2 unspecified atom stereocenters. The highest BCUT2D eigenvalue weighted by Gasteiger charge is 2.53. The van der Waals surface area contributed by atoms with Crippen molar-refractivity contribution in [2.45, 2.75) is 45.1 Å². The molecular weight excluding hydrogens is 200 g/mol. The Morgan fingerprint density at radius 2 is 2.12 bits per heavy atom. The highest BCUT2D eigenvalue weighted by molar-refractivity contribution is 5.24. The third kappa shape index (κ3) is 1.67. The molecular formula is C13H20N2O. The second-order valence-corrected chi connectivity index (χ2v) is 5.08. The third-order valence-electron chi connectivity index (χ3n) is 4.17. The van der Waals surface area contributed by atoms with Crippen molar-refractivity contribution in [1.29, 1.82) is 0 Å². The molecule has 0 aromatic carbocycles. The van der Waals surface area contributed by atoms with Crippen LogP contribution in [-0.4, -0.2) is 11.5 Å². The van der Waals surface area contributed by atoms with Gasteiger partial charge in [0.2, 0.25) is 0 Å². The van der Waals surface area contributed by atoms with Crippen molar-refractivity contribution in [3.8, 4) is 0 Å². The number of hydrogen-bond acceptors (Lipinski definition) is 3. The van der Waals surface area contributed by atoms with Crippen LogP contribution in [0.4, 0.5) is 0 Å². The van der Waals surface area contributed by atoms with E-state index in [2.05, 4.69) is 17.2 Å². The molecule has 1 aromatic rings. The molecule has 3 heteroatoms. The molecule has 2 fully saturated rings. The van der Waals surface area contributed by atoms with Crippen molar-refractivity contribution in [3.05, 3.63) is 17.8 Å². The molecule has 1 heterocycles. The van der Waals surface area contributed by atoms with Gasteiger partial charge in [0.15, 0.2) is 6.39 Å².